The number of aliphatic hydroxyl groups is 1. The molecule has 0 amide bonds. The van der Waals surface area contributed by atoms with Crippen molar-refractivity contribution < 1.29 is 5.11 Å². The first-order valence-corrected chi connectivity index (χ1v) is 4.97. The van der Waals surface area contributed by atoms with E-state index < -0.39 is 0 Å². The summed E-state index contributed by atoms with van der Waals surface area (Å²) in [4.78, 5) is 0. The zero-order valence-electron chi connectivity index (χ0n) is 9.07. The van der Waals surface area contributed by atoms with Crippen molar-refractivity contribution in [1.82, 2.24) is 15.1 Å². The molecule has 0 aromatic carbocycles. The molecule has 0 aliphatic carbocycles. The van der Waals surface area contributed by atoms with E-state index in [4.69, 9.17) is 5.11 Å². The van der Waals surface area contributed by atoms with E-state index in [1.165, 1.54) is 0 Å². The highest BCUT2D eigenvalue weighted by atomic mass is 16.3. The smallest absolute Gasteiger partial charge is 0.0547 e. The number of hydrogen-bond acceptors (Lipinski definition) is 3. The molecule has 1 rings (SSSR count). The average molecular weight is 197 g/mol. The molecule has 0 fully saturated rings. The standard InChI is InChI=1S/C10H19N3O/c1-8(7-14)6-11-9(2)10-4-5-12-13(10)3/h4-5,8-9,11,14H,6-7H2,1-3H3. The van der Waals surface area contributed by atoms with Crippen LogP contribution in [0.15, 0.2) is 12.3 Å². The molecule has 0 saturated heterocycles. The third kappa shape index (κ3) is 2.82. The van der Waals surface area contributed by atoms with E-state index in [2.05, 4.69) is 17.3 Å². The Morgan fingerprint density at radius 1 is 1.57 bits per heavy atom. The molecule has 80 valence electrons. The molecule has 2 N–H and O–H groups in total. The van der Waals surface area contributed by atoms with Crippen LogP contribution in [0.2, 0.25) is 0 Å². The summed E-state index contributed by atoms with van der Waals surface area (Å²) in [5.41, 5.74) is 1.16. The van der Waals surface area contributed by atoms with Gasteiger partial charge in [-0.05, 0) is 18.9 Å². The predicted octanol–water partition coefficient (Wildman–Crippen LogP) is 0.699. The van der Waals surface area contributed by atoms with Gasteiger partial charge in [-0.2, -0.15) is 5.10 Å². The van der Waals surface area contributed by atoms with Gasteiger partial charge in [0.05, 0.1) is 5.69 Å². The SMILES string of the molecule is CC(CO)CNC(C)c1ccnn1C. The molecule has 0 saturated carbocycles. The summed E-state index contributed by atoms with van der Waals surface area (Å²) in [6.45, 7) is 5.16. The molecule has 0 radical (unpaired) electrons. The van der Waals surface area contributed by atoms with Crippen molar-refractivity contribution in [2.75, 3.05) is 13.2 Å². The Morgan fingerprint density at radius 2 is 2.29 bits per heavy atom. The molecule has 0 bridgehead atoms. The monoisotopic (exact) mass is 197 g/mol. The third-order valence-electron chi connectivity index (χ3n) is 2.39. The van der Waals surface area contributed by atoms with Crippen molar-refractivity contribution >= 4 is 0 Å². The van der Waals surface area contributed by atoms with Crippen LogP contribution in [0.5, 0.6) is 0 Å². The van der Waals surface area contributed by atoms with Gasteiger partial charge in [-0.3, -0.25) is 4.68 Å². The van der Waals surface area contributed by atoms with Crippen LogP contribution in [0, 0.1) is 5.92 Å². The second-order valence-corrected chi connectivity index (χ2v) is 3.80. The van der Waals surface area contributed by atoms with E-state index in [9.17, 15) is 0 Å². The maximum absolute atomic E-state index is 8.88. The summed E-state index contributed by atoms with van der Waals surface area (Å²) in [6.07, 6.45) is 1.79. The molecular weight excluding hydrogens is 178 g/mol. The Hall–Kier alpha value is -0.870. The second kappa shape index (κ2) is 5.12. The molecule has 1 aromatic rings. The summed E-state index contributed by atoms with van der Waals surface area (Å²) in [6, 6.07) is 2.28. The zero-order valence-corrected chi connectivity index (χ0v) is 9.07. The molecule has 2 atom stereocenters. The first-order chi connectivity index (χ1) is 6.65. The van der Waals surface area contributed by atoms with Crippen LogP contribution >= 0.6 is 0 Å². The van der Waals surface area contributed by atoms with E-state index in [1.54, 1.807) is 6.20 Å². The Bertz CT molecular complexity index is 272. The van der Waals surface area contributed by atoms with E-state index in [-0.39, 0.29) is 12.6 Å². The lowest BCUT2D eigenvalue weighted by Gasteiger charge is -2.16. The van der Waals surface area contributed by atoms with Gasteiger partial charge in [-0.25, -0.2) is 0 Å². The van der Waals surface area contributed by atoms with Crippen molar-refractivity contribution in [3.05, 3.63) is 18.0 Å². The molecular formula is C10H19N3O. The van der Waals surface area contributed by atoms with Gasteiger partial charge in [0, 0.05) is 32.4 Å². The fraction of sp³-hybridized carbons (Fsp3) is 0.700. The van der Waals surface area contributed by atoms with Crippen LogP contribution in [-0.4, -0.2) is 28.0 Å². The number of nitrogens with one attached hydrogen (secondary N) is 1. The fourth-order valence-corrected chi connectivity index (χ4v) is 1.36. The largest absolute Gasteiger partial charge is 0.396 e. The first kappa shape index (κ1) is 11.2. The van der Waals surface area contributed by atoms with Gasteiger partial charge >= 0.3 is 0 Å². The minimum atomic E-state index is 0.227. The molecule has 1 heterocycles. The lowest BCUT2D eigenvalue weighted by molar-refractivity contribution is 0.230. The van der Waals surface area contributed by atoms with Gasteiger partial charge in [-0.1, -0.05) is 6.92 Å². The number of aryl methyl sites for hydroxylation is 1. The van der Waals surface area contributed by atoms with Crippen LogP contribution in [-0.2, 0) is 7.05 Å². The van der Waals surface area contributed by atoms with Crippen molar-refractivity contribution in [1.29, 1.82) is 0 Å². The molecule has 0 aliphatic heterocycles. The highest BCUT2D eigenvalue weighted by Crippen LogP contribution is 2.10. The van der Waals surface area contributed by atoms with E-state index in [0.29, 0.717) is 5.92 Å². The minimum absolute atomic E-state index is 0.227. The van der Waals surface area contributed by atoms with Crippen molar-refractivity contribution in [3.63, 3.8) is 0 Å². The van der Waals surface area contributed by atoms with Crippen molar-refractivity contribution in [3.8, 4) is 0 Å². The normalized spacial score (nSPS) is 15.4. The summed E-state index contributed by atoms with van der Waals surface area (Å²) >= 11 is 0. The molecule has 0 spiro atoms. The van der Waals surface area contributed by atoms with Crippen LogP contribution in [0.1, 0.15) is 25.6 Å². The molecule has 2 unspecified atom stereocenters. The Morgan fingerprint density at radius 3 is 2.79 bits per heavy atom. The number of nitrogens with zero attached hydrogens (tertiary/aromatic N) is 2. The lowest BCUT2D eigenvalue weighted by Crippen LogP contribution is -2.27. The van der Waals surface area contributed by atoms with Crippen molar-refractivity contribution in [2.24, 2.45) is 13.0 Å². The van der Waals surface area contributed by atoms with Gasteiger partial charge in [0.1, 0.15) is 0 Å². The maximum atomic E-state index is 8.88. The maximum Gasteiger partial charge on any atom is 0.0547 e. The second-order valence-electron chi connectivity index (χ2n) is 3.80. The van der Waals surface area contributed by atoms with Crippen LogP contribution in [0.25, 0.3) is 0 Å². The van der Waals surface area contributed by atoms with Crippen LogP contribution in [0.3, 0.4) is 0 Å². The van der Waals surface area contributed by atoms with Crippen LogP contribution in [0.4, 0.5) is 0 Å². The van der Waals surface area contributed by atoms with E-state index in [0.717, 1.165) is 12.2 Å². The first-order valence-electron chi connectivity index (χ1n) is 4.97. The van der Waals surface area contributed by atoms with Gasteiger partial charge in [0.2, 0.25) is 0 Å². The summed E-state index contributed by atoms with van der Waals surface area (Å²) in [5, 5.41) is 16.3. The minimum Gasteiger partial charge on any atom is -0.396 e. The zero-order chi connectivity index (χ0) is 10.6. The highest BCUT2D eigenvalue weighted by Gasteiger charge is 2.09. The average Bonchev–Trinajstić information content (AvgIpc) is 2.60. The van der Waals surface area contributed by atoms with Gasteiger partial charge in [-0.15, -0.1) is 0 Å². The molecule has 1 aromatic heterocycles. The highest BCUT2D eigenvalue weighted by molar-refractivity contribution is 5.05. The topological polar surface area (TPSA) is 50.1 Å². The molecule has 4 nitrogen and oxygen atoms in total. The quantitative estimate of drug-likeness (QED) is 0.730. The molecule has 0 aliphatic rings. The third-order valence-corrected chi connectivity index (χ3v) is 2.39. The van der Waals surface area contributed by atoms with Gasteiger partial charge in [0.15, 0.2) is 0 Å². The number of rotatable bonds is 5. The Kier molecular flexibility index (Phi) is 4.10. The molecule has 14 heavy (non-hydrogen) atoms. The Balaban J connectivity index is 2.43. The number of hydrogen-bond donors (Lipinski definition) is 2. The van der Waals surface area contributed by atoms with E-state index in [1.807, 2.05) is 24.7 Å². The number of aliphatic hydroxyl groups excluding tert-OH is 1. The summed E-state index contributed by atoms with van der Waals surface area (Å²) in [5.74, 6) is 0.297. The van der Waals surface area contributed by atoms with E-state index >= 15 is 0 Å². The fourth-order valence-electron chi connectivity index (χ4n) is 1.36. The van der Waals surface area contributed by atoms with Gasteiger partial charge in [0.25, 0.3) is 0 Å². The van der Waals surface area contributed by atoms with Crippen LogP contribution < -0.4 is 5.32 Å². The lowest BCUT2D eigenvalue weighted by atomic mass is 10.1. The van der Waals surface area contributed by atoms with Gasteiger partial charge < -0.3 is 10.4 Å². The van der Waals surface area contributed by atoms with Crippen molar-refractivity contribution in [2.45, 2.75) is 19.9 Å². The summed E-state index contributed by atoms with van der Waals surface area (Å²) in [7, 11) is 1.93. The number of aromatic nitrogens is 2. The Labute approximate surface area is 84.9 Å². The molecule has 4 heteroatoms. The predicted molar refractivity (Wildman–Crippen MR) is 55.9 cm³/mol. The summed E-state index contributed by atoms with van der Waals surface area (Å²) < 4.78 is 1.86.